The minimum absolute atomic E-state index is 0.449. The lowest BCUT2D eigenvalue weighted by atomic mass is 10.1. The summed E-state index contributed by atoms with van der Waals surface area (Å²) in [5, 5.41) is 11.4. The summed E-state index contributed by atoms with van der Waals surface area (Å²) in [6, 6.07) is 14.2. The highest BCUT2D eigenvalue weighted by Crippen LogP contribution is 2.32. The zero-order chi connectivity index (χ0) is 13.0. The second kappa shape index (κ2) is 5.55. The minimum atomic E-state index is -0.561. The first-order valence-corrected chi connectivity index (χ1v) is 6.25. The molecule has 0 radical (unpaired) electrons. The molecule has 0 bridgehead atoms. The van der Waals surface area contributed by atoms with Crippen LogP contribution >= 0.6 is 11.8 Å². The molecule has 1 aromatic carbocycles. The van der Waals surface area contributed by atoms with Crippen LogP contribution in [0, 0.1) is 5.21 Å². The molecular formula is C13H12N2O2S. The zero-order valence-corrected chi connectivity index (χ0v) is 10.3. The Bertz CT molecular complexity index is 546. The maximum absolute atomic E-state index is 11.6. The normalized spacial score (nSPS) is 12.0. The van der Waals surface area contributed by atoms with Crippen LogP contribution in [0.1, 0.15) is 10.8 Å². The van der Waals surface area contributed by atoms with Crippen molar-refractivity contribution in [3.63, 3.8) is 0 Å². The van der Waals surface area contributed by atoms with Gasteiger partial charge in [0.1, 0.15) is 5.25 Å². The number of rotatable bonds is 4. The van der Waals surface area contributed by atoms with Crippen molar-refractivity contribution in [2.24, 2.45) is 5.73 Å². The number of amides is 1. The Morgan fingerprint density at radius 2 is 1.83 bits per heavy atom. The van der Waals surface area contributed by atoms with Crippen LogP contribution in [-0.2, 0) is 4.79 Å². The summed E-state index contributed by atoms with van der Waals surface area (Å²) in [5.41, 5.74) is 6.19. The molecule has 2 aromatic rings. The van der Waals surface area contributed by atoms with Gasteiger partial charge < -0.3 is 10.9 Å². The van der Waals surface area contributed by atoms with E-state index in [0.717, 1.165) is 22.1 Å². The molecule has 1 amide bonds. The van der Waals surface area contributed by atoms with E-state index in [9.17, 15) is 10.0 Å². The van der Waals surface area contributed by atoms with Crippen molar-refractivity contribution in [1.29, 1.82) is 0 Å². The Kier molecular flexibility index (Phi) is 3.84. The molecule has 2 rings (SSSR count). The average Bonchev–Trinajstić information content (AvgIpc) is 2.38. The van der Waals surface area contributed by atoms with Gasteiger partial charge in [0.2, 0.25) is 5.91 Å². The second-order valence-corrected chi connectivity index (χ2v) is 4.80. The topological polar surface area (TPSA) is 70.0 Å². The number of benzene rings is 1. The van der Waals surface area contributed by atoms with Gasteiger partial charge in [-0.15, -0.1) is 0 Å². The van der Waals surface area contributed by atoms with Crippen LogP contribution in [0.15, 0.2) is 59.8 Å². The van der Waals surface area contributed by atoms with Gasteiger partial charge in [0.15, 0.2) is 6.20 Å². The molecule has 4 nitrogen and oxygen atoms in total. The third-order valence-corrected chi connectivity index (χ3v) is 3.69. The number of thioether (sulfide) groups is 1. The predicted octanol–water partition coefficient (Wildman–Crippen LogP) is 1.64. The van der Waals surface area contributed by atoms with Gasteiger partial charge in [-0.25, -0.2) is 0 Å². The van der Waals surface area contributed by atoms with Gasteiger partial charge in [0.25, 0.3) is 5.03 Å². The first-order valence-electron chi connectivity index (χ1n) is 5.37. The third kappa shape index (κ3) is 2.81. The van der Waals surface area contributed by atoms with Crippen LogP contribution in [-0.4, -0.2) is 5.91 Å². The van der Waals surface area contributed by atoms with E-state index in [0.29, 0.717) is 5.03 Å². The molecule has 1 unspecified atom stereocenters. The van der Waals surface area contributed by atoms with E-state index >= 15 is 0 Å². The maximum Gasteiger partial charge on any atom is 0.252 e. The van der Waals surface area contributed by atoms with Crippen molar-refractivity contribution < 1.29 is 9.52 Å². The Morgan fingerprint density at radius 1 is 1.17 bits per heavy atom. The second-order valence-electron chi connectivity index (χ2n) is 3.68. The fourth-order valence-electron chi connectivity index (χ4n) is 1.54. The molecule has 5 heteroatoms. The molecule has 0 aliphatic heterocycles. The van der Waals surface area contributed by atoms with Crippen molar-refractivity contribution in [2.45, 2.75) is 10.3 Å². The molecule has 0 fully saturated rings. The van der Waals surface area contributed by atoms with Crippen molar-refractivity contribution >= 4 is 17.7 Å². The standard InChI is InChI=1S/C13H12N2O2S/c14-13(16)12(10-6-2-1-3-7-10)18-11-8-4-5-9-15(11)17/h1-9,12H,(H2,14,16). The fraction of sp³-hybridized carbons (Fsp3) is 0.0769. The fourth-order valence-corrected chi connectivity index (χ4v) is 2.52. The van der Waals surface area contributed by atoms with Crippen LogP contribution < -0.4 is 10.5 Å². The van der Waals surface area contributed by atoms with Gasteiger partial charge >= 0.3 is 0 Å². The summed E-state index contributed by atoms with van der Waals surface area (Å²) in [4.78, 5) is 11.5. The van der Waals surface area contributed by atoms with E-state index in [1.807, 2.05) is 30.3 Å². The zero-order valence-electron chi connectivity index (χ0n) is 9.52. The Hall–Kier alpha value is -2.01. The summed E-state index contributed by atoms with van der Waals surface area (Å²) in [7, 11) is 0. The Labute approximate surface area is 109 Å². The van der Waals surface area contributed by atoms with Crippen molar-refractivity contribution in [3.05, 3.63) is 65.5 Å². The molecule has 2 N–H and O–H groups in total. The van der Waals surface area contributed by atoms with Gasteiger partial charge in [-0.05, 0) is 23.4 Å². The third-order valence-electron chi connectivity index (χ3n) is 2.39. The monoisotopic (exact) mass is 260 g/mol. The van der Waals surface area contributed by atoms with Gasteiger partial charge in [-0.2, -0.15) is 4.73 Å². The molecule has 0 aliphatic rings. The first kappa shape index (κ1) is 12.4. The minimum Gasteiger partial charge on any atom is -0.618 e. The van der Waals surface area contributed by atoms with E-state index < -0.39 is 11.2 Å². The van der Waals surface area contributed by atoms with Crippen LogP contribution in [0.25, 0.3) is 0 Å². The lowest BCUT2D eigenvalue weighted by Gasteiger charge is -2.12. The number of pyridine rings is 1. The Morgan fingerprint density at radius 3 is 2.44 bits per heavy atom. The van der Waals surface area contributed by atoms with Gasteiger partial charge in [-0.3, -0.25) is 4.79 Å². The van der Waals surface area contributed by atoms with E-state index in [2.05, 4.69) is 0 Å². The molecule has 1 heterocycles. The summed E-state index contributed by atoms with van der Waals surface area (Å²) in [5.74, 6) is -0.463. The van der Waals surface area contributed by atoms with E-state index in [4.69, 9.17) is 5.73 Å². The number of hydrogen-bond acceptors (Lipinski definition) is 3. The van der Waals surface area contributed by atoms with Gasteiger partial charge in [0, 0.05) is 12.1 Å². The van der Waals surface area contributed by atoms with Crippen molar-refractivity contribution in [3.8, 4) is 0 Å². The van der Waals surface area contributed by atoms with Crippen LogP contribution in [0.5, 0.6) is 0 Å². The van der Waals surface area contributed by atoms with Crippen LogP contribution in [0.3, 0.4) is 0 Å². The first-order chi connectivity index (χ1) is 8.68. The summed E-state index contributed by atoms with van der Waals surface area (Å²) >= 11 is 1.15. The number of carbonyl (C=O) groups excluding carboxylic acids is 1. The molecule has 0 saturated heterocycles. The smallest absolute Gasteiger partial charge is 0.252 e. The quantitative estimate of drug-likeness (QED) is 0.516. The highest BCUT2D eigenvalue weighted by molar-refractivity contribution is 8.00. The van der Waals surface area contributed by atoms with E-state index in [-0.39, 0.29) is 0 Å². The molecule has 18 heavy (non-hydrogen) atoms. The lowest BCUT2D eigenvalue weighted by molar-refractivity contribution is -0.645. The molecule has 92 valence electrons. The van der Waals surface area contributed by atoms with E-state index in [1.165, 1.54) is 6.20 Å². The SMILES string of the molecule is NC(=O)C(Sc1cccc[n+]1[O-])c1ccccc1. The van der Waals surface area contributed by atoms with Crippen LogP contribution in [0.2, 0.25) is 0 Å². The molecular weight excluding hydrogens is 248 g/mol. The number of primary amides is 1. The summed E-state index contributed by atoms with van der Waals surface area (Å²) in [6.45, 7) is 0. The van der Waals surface area contributed by atoms with E-state index in [1.54, 1.807) is 18.2 Å². The van der Waals surface area contributed by atoms with Crippen molar-refractivity contribution in [2.75, 3.05) is 0 Å². The molecule has 0 aliphatic carbocycles. The number of hydrogen-bond donors (Lipinski definition) is 1. The number of carbonyl (C=O) groups is 1. The average molecular weight is 260 g/mol. The highest BCUT2D eigenvalue weighted by atomic mass is 32.2. The largest absolute Gasteiger partial charge is 0.618 e. The molecule has 0 spiro atoms. The molecule has 1 atom stereocenters. The predicted molar refractivity (Wildman–Crippen MR) is 69.6 cm³/mol. The summed E-state index contributed by atoms with van der Waals surface area (Å²) in [6.07, 6.45) is 1.39. The van der Waals surface area contributed by atoms with Crippen LogP contribution in [0.4, 0.5) is 0 Å². The lowest BCUT2D eigenvalue weighted by Crippen LogP contribution is -2.29. The number of aromatic nitrogens is 1. The van der Waals surface area contributed by atoms with Gasteiger partial charge in [-0.1, -0.05) is 30.3 Å². The molecule has 0 saturated carbocycles. The molecule has 1 aromatic heterocycles. The maximum atomic E-state index is 11.6. The Balaban J connectivity index is 2.28. The van der Waals surface area contributed by atoms with Crippen molar-refractivity contribution in [1.82, 2.24) is 0 Å². The number of nitrogens with zero attached hydrogens (tertiary/aromatic N) is 1. The summed E-state index contributed by atoms with van der Waals surface area (Å²) < 4.78 is 0.726. The van der Waals surface area contributed by atoms with Gasteiger partial charge in [0.05, 0.1) is 0 Å². The highest BCUT2D eigenvalue weighted by Gasteiger charge is 2.22. The number of nitrogens with two attached hydrogens (primary N) is 1.